The van der Waals surface area contributed by atoms with Gasteiger partial charge >= 0.3 is 10.2 Å². The van der Waals surface area contributed by atoms with Crippen molar-refractivity contribution in [1.82, 2.24) is 23.1 Å². The lowest BCUT2D eigenvalue weighted by Crippen LogP contribution is -2.31. The number of hydrogen-bond acceptors (Lipinski definition) is 5. The normalized spacial score (nSPS) is 11.7. The number of amides is 1. The lowest BCUT2D eigenvalue weighted by Gasteiger charge is -2.17. The maximum absolute atomic E-state index is 12.9. The molecule has 30 heavy (non-hydrogen) atoms. The standard InChI is InChI=1S/C20H25N5O3S2/c1-23(2)30(27,28)25-16(15-22-20(25)29-17-10-5-4-6-11-17)9-7-13-21-19(26)18-12-8-14-24(18)3/h4-6,8,10-12,14-15H,7,9,13H2,1-3H3,(H,21,26). The number of nitrogens with zero attached hydrogens (tertiary/aromatic N) is 4. The molecule has 0 radical (unpaired) electrons. The second-order valence-electron chi connectivity index (χ2n) is 6.87. The zero-order valence-electron chi connectivity index (χ0n) is 17.1. The van der Waals surface area contributed by atoms with Gasteiger partial charge in [0, 0.05) is 38.8 Å². The van der Waals surface area contributed by atoms with Crippen molar-refractivity contribution in [3.8, 4) is 0 Å². The summed E-state index contributed by atoms with van der Waals surface area (Å²) in [5.41, 5.74) is 1.16. The molecule has 0 aliphatic carbocycles. The molecule has 3 rings (SSSR count). The molecule has 1 aromatic carbocycles. The van der Waals surface area contributed by atoms with Crippen LogP contribution in [-0.4, -0.2) is 52.8 Å². The van der Waals surface area contributed by atoms with Gasteiger partial charge in [0.2, 0.25) is 0 Å². The predicted molar refractivity (Wildman–Crippen MR) is 117 cm³/mol. The number of aryl methyl sites for hydroxylation is 2. The van der Waals surface area contributed by atoms with Crippen LogP contribution >= 0.6 is 11.8 Å². The molecule has 3 aromatic rings. The first kappa shape index (κ1) is 22.1. The fourth-order valence-electron chi connectivity index (χ4n) is 2.85. The van der Waals surface area contributed by atoms with Gasteiger partial charge in [-0.25, -0.2) is 8.96 Å². The van der Waals surface area contributed by atoms with Gasteiger partial charge in [-0.15, -0.1) is 0 Å². The van der Waals surface area contributed by atoms with E-state index in [9.17, 15) is 13.2 Å². The van der Waals surface area contributed by atoms with Gasteiger partial charge in [-0.1, -0.05) is 30.0 Å². The lowest BCUT2D eigenvalue weighted by atomic mass is 10.2. The van der Waals surface area contributed by atoms with Gasteiger partial charge in [0.15, 0.2) is 5.16 Å². The van der Waals surface area contributed by atoms with E-state index < -0.39 is 10.2 Å². The zero-order valence-corrected chi connectivity index (χ0v) is 18.8. The van der Waals surface area contributed by atoms with Crippen molar-refractivity contribution in [3.63, 3.8) is 0 Å². The van der Waals surface area contributed by atoms with E-state index in [1.54, 1.807) is 16.8 Å². The summed E-state index contributed by atoms with van der Waals surface area (Å²) in [5.74, 6) is -0.155. The van der Waals surface area contributed by atoms with Gasteiger partial charge in [-0.2, -0.15) is 12.7 Å². The molecule has 1 N–H and O–H groups in total. The van der Waals surface area contributed by atoms with Gasteiger partial charge in [0.05, 0.1) is 11.9 Å². The average Bonchev–Trinajstić information content (AvgIpc) is 3.32. The minimum atomic E-state index is -3.73. The Morgan fingerprint density at radius 3 is 2.53 bits per heavy atom. The van der Waals surface area contributed by atoms with E-state index in [0.29, 0.717) is 35.9 Å². The second kappa shape index (κ2) is 9.50. The van der Waals surface area contributed by atoms with Crippen molar-refractivity contribution in [3.05, 3.63) is 66.2 Å². The highest BCUT2D eigenvalue weighted by molar-refractivity contribution is 7.99. The molecule has 0 saturated carbocycles. The number of benzene rings is 1. The molecule has 0 atom stereocenters. The third-order valence-corrected chi connectivity index (χ3v) is 7.36. The minimum absolute atomic E-state index is 0.155. The van der Waals surface area contributed by atoms with Crippen LogP contribution in [0.5, 0.6) is 0 Å². The molecule has 0 spiro atoms. The van der Waals surface area contributed by atoms with E-state index in [1.807, 2.05) is 49.6 Å². The van der Waals surface area contributed by atoms with Crippen molar-refractivity contribution in [2.45, 2.75) is 22.9 Å². The molecule has 0 aliphatic rings. The summed E-state index contributed by atoms with van der Waals surface area (Å²) in [4.78, 5) is 17.5. The molecular weight excluding hydrogens is 422 g/mol. The summed E-state index contributed by atoms with van der Waals surface area (Å²) in [6.45, 7) is 0.429. The largest absolute Gasteiger partial charge is 0.351 e. The summed E-state index contributed by atoms with van der Waals surface area (Å²) in [6.07, 6.45) is 4.44. The van der Waals surface area contributed by atoms with Gasteiger partial charge in [0.1, 0.15) is 5.69 Å². The maximum atomic E-state index is 12.9. The molecule has 160 valence electrons. The molecule has 1 amide bonds. The minimum Gasteiger partial charge on any atom is -0.351 e. The monoisotopic (exact) mass is 447 g/mol. The highest BCUT2D eigenvalue weighted by Gasteiger charge is 2.25. The Bertz CT molecular complexity index is 1100. The topological polar surface area (TPSA) is 89.2 Å². The molecule has 0 unspecified atom stereocenters. The quantitative estimate of drug-likeness (QED) is 0.509. The number of rotatable bonds is 9. The number of hydrogen-bond donors (Lipinski definition) is 1. The van der Waals surface area contributed by atoms with Crippen molar-refractivity contribution in [2.24, 2.45) is 7.05 Å². The number of carbonyl (C=O) groups excluding carboxylic acids is 1. The Labute approximate surface area is 181 Å². The lowest BCUT2D eigenvalue weighted by molar-refractivity contribution is 0.0945. The van der Waals surface area contributed by atoms with E-state index in [0.717, 1.165) is 4.90 Å². The van der Waals surface area contributed by atoms with E-state index >= 15 is 0 Å². The molecule has 2 heterocycles. The zero-order chi connectivity index (χ0) is 21.7. The number of imidazole rings is 1. The smallest absolute Gasteiger partial charge is 0.309 e. The molecule has 2 aromatic heterocycles. The molecule has 0 saturated heterocycles. The van der Waals surface area contributed by atoms with Crippen molar-refractivity contribution in [1.29, 1.82) is 0 Å². The van der Waals surface area contributed by atoms with Crippen LogP contribution in [-0.2, 0) is 23.7 Å². The highest BCUT2D eigenvalue weighted by Crippen LogP contribution is 2.29. The van der Waals surface area contributed by atoms with Crippen LogP contribution in [0.1, 0.15) is 22.6 Å². The Balaban J connectivity index is 1.72. The van der Waals surface area contributed by atoms with Crippen LogP contribution in [0.15, 0.2) is 64.9 Å². The Morgan fingerprint density at radius 1 is 1.17 bits per heavy atom. The van der Waals surface area contributed by atoms with E-state index in [-0.39, 0.29) is 5.91 Å². The van der Waals surface area contributed by atoms with Crippen LogP contribution in [0.25, 0.3) is 0 Å². The van der Waals surface area contributed by atoms with Gasteiger partial charge in [-0.3, -0.25) is 4.79 Å². The van der Waals surface area contributed by atoms with E-state index in [4.69, 9.17) is 0 Å². The van der Waals surface area contributed by atoms with Crippen molar-refractivity contribution < 1.29 is 13.2 Å². The summed E-state index contributed by atoms with van der Waals surface area (Å²) < 4.78 is 30.0. The summed E-state index contributed by atoms with van der Waals surface area (Å²) in [7, 11) is 1.07. The highest BCUT2D eigenvalue weighted by atomic mass is 32.2. The number of nitrogens with one attached hydrogen (secondary N) is 1. The van der Waals surface area contributed by atoms with Crippen LogP contribution in [0.3, 0.4) is 0 Å². The van der Waals surface area contributed by atoms with Gasteiger partial charge < -0.3 is 9.88 Å². The number of aromatic nitrogens is 3. The average molecular weight is 448 g/mol. The number of carbonyl (C=O) groups is 1. The first-order chi connectivity index (χ1) is 14.3. The maximum Gasteiger partial charge on any atom is 0.309 e. The van der Waals surface area contributed by atoms with Crippen LogP contribution in [0, 0.1) is 0 Å². The summed E-state index contributed by atoms with van der Waals surface area (Å²) in [5, 5.41) is 3.26. The van der Waals surface area contributed by atoms with Crippen molar-refractivity contribution in [2.75, 3.05) is 20.6 Å². The fraction of sp³-hybridized carbons (Fsp3) is 0.300. The SMILES string of the molecule is CN(C)S(=O)(=O)n1c(CCCNC(=O)c2cccn2C)cnc1Sc1ccccc1. The Morgan fingerprint density at radius 2 is 1.90 bits per heavy atom. The summed E-state index contributed by atoms with van der Waals surface area (Å²) >= 11 is 1.30. The first-order valence-electron chi connectivity index (χ1n) is 9.43. The molecule has 0 aliphatic heterocycles. The molecule has 0 bridgehead atoms. The van der Waals surface area contributed by atoms with Crippen LogP contribution in [0.4, 0.5) is 0 Å². The van der Waals surface area contributed by atoms with E-state index in [2.05, 4.69) is 10.3 Å². The van der Waals surface area contributed by atoms with Crippen LogP contribution in [0.2, 0.25) is 0 Å². The van der Waals surface area contributed by atoms with Gasteiger partial charge in [-0.05, 0) is 37.1 Å². The van der Waals surface area contributed by atoms with E-state index in [1.165, 1.54) is 34.1 Å². The van der Waals surface area contributed by atoms with Crippen LogP contribution < -0.4 is 5.32 Å². The third-order valence-electron chi connectivity index (χ3n) is 4.47. The Kier molecular flexibility index (Phi) is 7.01. The molecule has 10 heteroatoms. The molecule has 8 nitrogen and oxygen atoms in total. The molecule has 0 fully saturated rings. The van der Waals surface area contributed by atoms with Gasteiger partial charge in [0.25, 0.3) is 5.91 Å². The first-order valence-corrected chi connectivity index (χ1v) is 11.6. The second-order valence-corrected chi connectivity index (χ2v) is 9.90. The summed E-state index contributed by atoms with van der Waals surface area (Å²) in [6, 6.07) is 13.1. The molecular formula is C20H25N5O3S2. The predicted octanol–water partition coefficient (Wildman–Crippen LogP) is 2.39. The van der Waals surface area contributed by atoms with Crippen molar-refractivity contribution >= 4 is 27.9 Å². The Hall–Kier alpha value is -2.56. The fourth-order valence-corrected chi connectivity index (χ4v) is 5.06. The third kappa shape index (κ3) is 4.94.